The minimum Gasteiger partial charge on any atom is -0.495 e. The van der Waals surface area contributed by atoms with Crippen LogP contribution in [-0.4, -0.2) is 22.1 Å². The number of thiol groups is 1. The number of aromatic nitrogens is 3. The van der Waals surface area contributed by atoms with Crippen LogP contribution in [0.2, 0.25) is 0 Å². The fraction of sp³-hybridized carbons (Fsp3) is 0.200. The highest BCUT2D eigenvalue weighted by Crippen LogP contribution is 2.36. The zero-order valence-corrected chi connectivity index (χ0v) is 12.2. The summed E-state index contributed by atoms with van der Waals surface area (Å²) in [4.78, 5) is 12.8. The van der Waals surface area contributed by atoms with Gasteiger partial charge in [-0.25, -0.2) is 4.98 Å². The molecule has 0 fully saturated rings. The van der Waals surface area contributed by atoms with Gasteiger partial charge in [0.25, 0.3) is 0 Å². The lowest BCUT2D eigenvalue weighted by molar-refractivity contribution is 0.405. The van der Waals surface area contributed by atoms with Gasteiger partial charge in [0.1, 0.15) is 17.1 Å². The number of aryl methyl sites for hydroxylation is 1. The molecule has 3 aromatic rings. The van der Waals surface area contributed by atoms with Gasteiger partial charge in [-0.1, -0.05) is 13.0 Å². The molecular weight excluding hydrogens is 270 g/mol. The second-order valence-electron chi connectivity index (χ2n) is 4.49. The number of ether oxygens (including phenoxy) is 1. The molecule has 0 atom stereocenters. The molecule has 0 bridgehead atoms. The smallest absolute Gasteiger partial charge is 0.143 e. The molecule has 0 saturated heterocycles. The van der Waals surface area contributed by atoms with E-state index in [0.29, 0.717) is 0 Å². The third kappa shape index (κ3) is 2.04. The van der Waals surface area contributed by atoms with Crippen LogP contribution in [0.25, 0.3) is 22.4 Å². The molecule has 4 nitrogen and oxygen atoms in total. The summed E-state index contributed by atoms with van der Waals surface area (Å²) in [7, 11) is 1.65. The van der Waals surface area contributed by atoms with Gasteiger partial charge in [-0.05, 0) is 24.1 Å². The van der Waals surface area contributed by atoms with E-state index in [2.05, 4.69) is 40.6 Å². The number of nitrogens with zero attached hydrogens (tertiary/aromatic N) is 2. The van der Waals surface area contributed by atoms with E-state index in [1.165, 1.54) is 0 Å². The summed E-state index contributed by atoms with van der Waals surface area (Å²) >= 11 is 4.58. The standard InChI is InChI=1S/C15H15N3OS/c1-3-9-4-5-10(13(19-2)14(9)20)15-17-11-6-7-16-8-12(11)18-15/h4-8,20H,3H2,1-2H3,(H,17,18). The van der Waals surface area contributed by atoms with Gasteiger partial charge in [-0.2, -0.15) is 0 Å². The Kier molecular flexibility index (Phi) is 3.36. The number of aromatic amines is 1. The summed E-state index contributed by atoms with van der Waals surface area (Å²) in [5.41, 5.74) is 3.86. The van der Waals surface area contributed by atoms with Crippen LogP contribution in [-0.2, 0) is 6.42 Å². The maximum atomic E-state index is 5.52. The fourth-order valence-electron chi connectivity index (χ4n) is 2.27. The highest BCUT2D eigenvalue weighted by molar-refractivity contribution is 7.80. The Morgan fingerprint density at radius 1 is 1.30 bits per heavy atom. The zero-order chi connectivity index (χ0) is 14.1. The number of methoxy groups -OCH3 is 1. The minimum absolute atomic E-state index is 0.750. The quantitative estimate of drug-likeness (QED) is 0.724. The van der Waals surface area contributed by atoms with Gasteiger partial charge in [0.05, 0.1) is 29.3 Å². The summed E-state index contributed by atoms with van der Waals surface area (Å²) in [5.74, 6) is 1.52. The minimum atomic E-state index is 0.750. The lowest BCUT2D eigenvalue weighted by Crippen LogP contribution is -1.94. The van der Waals surface area contributed by atoms with Crippen LogP contribution >= 0.6 is 12.6 Å². The first-order valence-corrected chi connectivity index (χ1v) is 6.88. The highest BCUT2D eigenvalue weighted by atomic mass is 32.1. The molecule has 2 heterocycles. The average Bonchev–Trinajstić information content (AvgIpc) is 2.90. The SMILES string of the molecule is CCc1ccc(-c2nc3cnccc3[nH]2)c(OC)c1S. The number of hydrogen-bond donors (Lipinski definition) is 2. The number of imidazole rings is 1. The molecule has 0 saturated carbocycles. The van der Waals surface area contributed by atoms with E-state index in [9.17, 15) is 0 Å². The lowest BCUT2D eigenvalue weighted by atomic mass is 10.1. The third-order valence-corrected chi connectivity index (χ3v) is 3.83. The summed E-state index contributed by atoms with van der Waals surface area (Å²) in [6.07, 6.45) is 4.40. The van der Waals surface area contributed by atoms with Crippen molar-refractivity contribution in [3.05, 3.63) is 36.2 Å². The first-order chi connectivity index (χ1) is 9.74. The number of rotatable bonds is 3. The topological polar surface area (TPSA) is 50.8 Å². The highest BCUT2D eigenvalue weighted by Gasteiger charge is 2.15. The van der Waals surface area contributed by atoms with Crippen molar-refractivity contribution in [2.75, 3.05) is 7.11 Å². The number of nitrogens with one attached hydrogen (secondary N) is 1. The van der Waals surface area contributed by atoms with E-state index in [1.54, 1.807) is 19.5 Å². The number of fused-ring (bicyclic) bond motifs is 1. The Balaban J connectivity index is 2.20. The van der Waals surface area contributed by atoms with Crippen LogP contribution in [0, 0.1) is 0 Å². The number of benzene rings is 1. The van der Waals surface area contributed by atoms with Gasteiger partial charge in [0, 0.05) is 6.20 Å². The van der Waals surface area contributed by atoms with E-state index >= 15 is 0 Å². The first-order valence-electron chi connectivity index (χ1n) is 6.43. The van der Waals surface area contributed by atoms with E-state index in [-0.39, 0.29) is 0 Å². The van der Waals surface area contributed by atoms with Crippen molar-refractivity contribution in [1.82, 2.24) is 15.0 Å². The van der Waals surface area contributed by atoms with Crippen molar-refractivity contribution in [3.8, 4) is 17.1 Å². The monoisotopic (exact) mass is 285 g/mol. The molecule has 0 amide bonds. The number of pyridine rings is 1. The molecule has 0 spiro atoms. The molecule has 0 unspecified atom stereocenters. The molecule has 0 aliphatic rings. The molecule has 0 aliphatic carbocycles. The van der Waals surface area contributed by atoms with Crippen LogP contribution in [0.4, 0.5) is 0 Å². The predicted octanol–water partition coefficient (Wildman–Crippen LogP) is 3.48. The van der Waals surface area contributed by atoms with Gasteiger partial charge in [0.2, 0.25) is 0 Å². The molecule has 20 heavy (non-hydrogen) atoms. The molecule has 1 aromatic carbocycles. The Labute approximate surface area is 122 Å². The van der Waals surface area contributed by atoms with E-state index in [4.69, 9.17) is 4.74 Å². The van der Waals surface area contributed by atoms with Crippen molar-refractivity contribution < 1.29 is 4.74 Å². The molecule has 0 aliphatic heterocycles. The molecular formula is C15H15N3OS. The van der Waals surface area contributed by atoms with Crippen molar-refractivity contribution in [2.24, 2.45) is 0 Å². The average molecular weight is 285 g/mol. The second kappa shape index (κ2) is 5.17. The molecule has 3 rings (SSSR count). The Morgan fingerprint density at radius 3 is 2.85 bits per heavy atom. The molecule has 2 aromatic heterocycles. The number of H-pyrrole nitrogens is 1. The van der Waals surface area contributed by atoms with Gasteiger partial charge in [-0.15, -0.1) is 12.6 Å². The third-order valence-electron chi connectivity index (χ3n) is 3.34. The van der Waals surface area contributed by atoms with Crippen LogP contribution in [0.15, 0.2) is 35.5 Å². The van der Waals surface area contributed by atoms with Crippen LogP contribution in [0.1, 0.15) is 12.5 Å². The number of hydrogen-bond acceptors (Lipinski definition) is 4. The Morgan fingerprint density at radius 2 is 2.15 bits per heavy atom. The predicted molar refractivity (Wildman–Crippen MR) is 82.5 cm³/mol. The first kappa shape index (κ1) is 13.0. The molecule has 0 radical (unpaired) electrons. The maximum Gasteiger partial charge on any atom is 0.143 e. The summed E-state index contributed by atoms with van der Waals surface area (Å²) in [6, 6.07) is 5.98. The second-order valence-corrected chi connectivity index (χ2v) is 4.93. The largest absolute Gasteiger partial charge is 0.495 e. The van der Waals surface area contributed by atoms with Crippen LogP contribution in [0.3, 0.4) is 0 Å². The van der Waals surface area contributed by atoms with Gasteiger partial charge >= 0.3 is 0 Å². The fourth-order valence-corrected chi connectivity index (χ4v) is 2.72. The van der Waals surface area contributed by atoms with Gasteiger partial charge < -0.3 is 9.72 Å². The van der Waals surface area contributed by atoms with Crippen LogP contribution in [0.5, 0.6) is 5.75 Å². The van der Waals surface area contributed by atoms with E-state index < -0.39 is 0 Å². The summed E-state index contributed by atoms with van der Waals surface area (Å²) in [5, 5.41) is 0. The van der Waals surface area contributed by atoms with Crippen molar-refractivity contribution in [1.29, 1.82) is 0 Å². The van der Waals surface area contributed by atoms with E-state index in [0.717, 1.165) is 45.1 Å². The van der Waals surface area contributed by atoms with Gasteiger partial charge in [-0.3, -0.25) is 4.98 Å². The summed E-state index contributed by atoms with van der Waals surface area (Å²) in [6.45, 7) is 2.10. The zero-order valence-electron chi connectivity index (χ0n) is 11.3. The maximum absolute atomic E-state index is 5.52. The Bertz CT molecular complexity index is 734. The van der Waals surface area contributed by atoms with Crippen molar-refractivity contribution in [2.45, 2.75) is 18.2 Å². The normalized spacial score (nSPS) is 10.9. The Hall–Kier alpha value is -2.01. The van der Waals surface area contributed by atoms with Crippen molar-refractivity contribution >= 4 is 23.7 Å². The van der Waals surface area contributed by atoms with Gasteiger partial charge in [0.15, 0.2) is 0 Å². The van der Waals surface area contributed by atoms with E-state index in [1.807, 2.05) is 12.1 Å². The molecule has 102 valence electrons. The molecule has 5 heteroatoms. The summed E-state index contributed by atoms with van der Waals surface area (Å²) < 4.78 is 5.52. The van der Waals surface area contributed by atoms with Crippen LogP contribution < -0.4 is 4.74 Å². The lowest BCUT2D eigenvalue weighted by Gasteiger charge is -2.12. The van der Waals surface area contributed by atoms with Crippen molar-refractivity contribution in [3.63, 3.8) is 0 Å². The molecule has 1 N–H and O–H groups in total.